The monoisotopic (exact) mass is 228 g/mol. The Morgan fingerprint density at radius 1 is 1.50 bits per heavy atom. The summed E-state index contributed by atoms with van der Waals surface area (Å²) < 4.78 is 5.59. The lowest BCUT2D eigenvalue weighted by atomic mass is 9.86. The molecule has 0 aromatic heterocycles. The number of hydrogen-bond donors (Lipinski definition) is 1. The summed E-state index contributed by atoms with van der Waals surface area (Å²) in [5.41, 5.74) is 0.339. The molecule has 1 N–H and O–H groups in total. The van der Waals surface area contributed by atoms with E-state index in [-0.39, 0.29) is 0 Å². The summed E-state index contributed by atoms with van der Waals surface area (Å²) in [4.78, 5) is 2.50. The second-order valence-corrected chi connectivity index (χ2v) is 5.39. The molecule has 0 aromatic carbocycles. The molecule has 0 radical (unpaired) electrons. The van der Waals surface area contributed by atoms with Crippen molar-refractivity contribution < 1.29 is 4.74 Å². The maximum atomic E-state index is 5.59. The minimum Gasteiger partial charge on any atom is -0.381 e. The van der Waals surface area contributed by atoms with Crippen molar-refractivity contribution >= 4 is 0 Å². The lowest BCUT2D eigenvalue weighted by molar-refractivity contribution is 0.103. The van der Waals surface area contributed by atoms with Crippen molar-refractivity contribution in [1.82, 2.24) is 10.2 Å². The molecule has 3 heteroatoms. The predicted octanol–water partition coefficient (Wildman–Crippen LogP) is 1.73. The Morgan fingerprint density at radius 2 is 2.25 bits per heavy atom. The van der Waals surface area contributed by atoms with Gasteiger partial charge in [0.2, 0.25) is 0 Å². The first kappa shape index (κ1) is 13.9. The van der Waals surface area contributed by atoms with Gasteiger partial charge in [-0.1, -0.05) is 13.3 Å². The molecule has 1 fully saturated rings. The minimum absolute atomic E-state index is 0.339. The van der Waals surface area contributed by atoms with Crippen LogP contribution < -0.4 is 5.32 Å². The molecular weight excluding hydrogens is 200 g/mol. The first-order valence-electron chi connectivity index (χ1n) is 6.56. The van der Waals surface area contributed by atoms with E-state index in [9.17, 15) is 0 Å². The van der Waals surface area contributed by atoms with Crippen LogP contribution in [0.5, 0.6) is 0 Å². The zero-order valence-electron chi connectivity index (χ0n) is 11.4. The number of ether oxygens (including phenoxy) is 1. The molecule has 2 unspecified atom stereocenters. The Balaban J connectivity index is 2.47. The standard InChI is InChI=1S/C13H28N2O/c1-5-6-12(2)15(4)10-13(9-14-3)7-8-16-11-13/h12,14H,5-11H2,1-4H3. The summed E-state index contributed by atoms with van der Waals surface area (Å²) >= 11 is 0. The quantitative estimate of drug-likeness (QED) is 0.718. The molecule has 1 heterocycles. The van der Waals surface area contributed by atoms with Gasteiger partial charge in [0, 0.05) is 31.2 Å². The van der Waals surface area contributed by atoms with E-state index in [0.717, 1.165) is 26.3 Å². The average molecular weight is 228 g/mol. The molecule has 3 nitrogen and oxygen atoms in total. The highest BCUT2D eigenvalue weighted by Gasteiger charge is 2.35. The topological polar surface area (TPSA) is 24.5 Å². The molecule has 16 heavy (non-hydrogen) atoms. The summed E-state index contributed by atoms with van der Waals surface area (Å²) in [5.74, 6) is 0. The zero-order valence-corrected chi connectivity index (χ0v) is 11.4. The van der Waals surface area contributed by atoms with Crippen LogP contribution in [0.1, 0.15) is 33.1 Å². The average Bonchev–Trinajstić information content (AvgIpc) is 2.67. The fourth-order valence-corrected chi connectivity index (χ4v) is 2.67. The molecule has 96 valence electrons. The smallest absolute Gasteiger partial charge is 0.0547 e. The third kappa shape index (κ3) is 3.72. The Labute approximate surface area is 101 Å². The highest BCUT2D eigenvalue weighted by atomic mass is 16.5. The normalized spacial score (nSPS) is 27.6. The van der Waals surface area contributed by atoms with Crippen LogP contribution in [0.4, 0.5) is 0 Å². The van der Waals surface area contributed by atoms with Gasteiger partial charge in [0.15, 0.2) is 0 Å². The van der Waals surface area contributed by atoms with Gasteiger partial charge >= 0.3 is 0 Å². The van der Waals surface area contributed by atoms with Crippen LogP contribution in [0.15, 0.2) is 0 Å². The second-order valence-electron chi connectivity index (χ2n) is 5.39. The van der Waals surface area contributed by atoms with E-state index in [1.54, 1.807) is 0 Å². The molecule has 0 saturated carbocycles. The SMILES string of the molecule is CCCC(C)N(C)CC1(CNC)CCOC1. The first-order valence-corrected chi connectivity index (χ1v) is 6.56. The van der Waals surface area contributed by atoms with Crippen molar-refractivity contribution in [2.75, 3.05) is 40.4 Å². The number of rotatable bonds is 7. The van der Waals surface area contributed by atoms with Crippen LogP contribution in [0, 0.1) is 5.41 Å². The van der Waals surface area contributed by atoms with Gasteiger partial charge in [0.05, 0.1) is 6.61 Å². The van der Waals surface area contributed by atoms with Crippen molar-refractivity contribution in [2.45, 2.75) is 39.2 Å². The molecule has 0 bridgehead atoms. The second kappa shape index (κ2) is 6.58. The van der Waals surface area contributed by atoms with Crippen LogP contribution in [-0.4, -0.2) is 51.3 Å². The molecule has 0 spiro atoms. The predicted molar refractivity (Wildman–Crippen MR) is 68.8 cm³/mol. The minimum atomic E-state index is 0.339. The Bertz CT molecular complexity index is 190. The van der Waals surface area contributed by atoms with Crippen LogP contribution in [0.3, 0.4) is 0 Å². The molecule has 0 aromatic rings. The summed E-state index contributed by atoms with van der Waals surface area (Å²) in [6, 6.07) is 0.680. The van der Waals surface area contributed by atoms with E-state index >= 15 is 0 Å². The summed E-state index contributed by atoms with van der Waals surface area (Å²) in [7, 11) is 4.28. The Kier molecular flexibility index (Phi) is 5.73. The Morgan fingerprint density at radius 3 is 2.75 bits per heavy atom. The van der Waals surface area contributed by atoms with Gasteiger partial charge in [-0.15, -0.1) is 0 Å². The fourth-order valence-electron chi connectivity index (χ4n) is 2.67. The maximum absolute atomic E-state index is 5.59. The van der Waals surface area contributed by atoms with Crippen LogP contribution in [0.2, 0.25) is 0 Å². The van der Waals surface area contributed by atoms with Crippen molar-refractivity contribution in [1.29, 1.82) is 0 Å². The van der Waals surface area contributed by atoms with Crippen molar-refractivity contribution in [2.24, 2.45) is 5.41 Å². The molecule has 0 aliphatic carbocycles. The molecule has 0 amide bonds. The maximum Gasteiger partial charge on any atom is 0.0547 e. The third-order valence-corrected chi connectivity index (χ3v) is 3.78. The lowest BCUT2D eigenvalue weighted by Crippen LogP contribution is -2.45. The highest BCUT2D eigenvalue weighted by molar-refractivity contribution is 4.88. The van der Waals surface area contributed by atoms with E-state index in [1.807, 2.05) is 7.05 Å². The first-order chi connectivity index (χ1) is 7.63. The van der Waals surface area contributed by atoms with Gasteiger partial charge < -0.3 is 15.0 Å². The largest absolute Gasteiger partial charge is 0.381 e. The fraction of sp³-hybridized carbons (Fsp3) is 1.00. The molecular formula is C13H28N2O. The van der Waals surface area contributed by atoms with Gasteiger partial charge in [-0.05, 0) is 33.9 Å². The van der Waals surface area contributed by atoms with Crippen LogP contribution in [-0.2, 0) is 4.74 Å². The van der Waals surface area contributed by atoms with Crippen molar-refractivity contribution in [3.63, 3.8) is 0 Å². The van der Waals surface area contributed by atoms with Gasteiger partial charge in [-0.2, -0.15) is 0 Å². The molecule has 2 atom stereocenters. The number of nitrogens with one attached hydrogen (secondary N) is 1. The van der Waals surface area contributed by atoms with Gasteiger partial charge in [0.1, 0.15) is 0 Å². The van der Waals surface area contributed by atoms with E-state index in [0.29, 0.717) is 11.5 Å². The lowest BCUT2D eigenvalue weighted by Gasteiger charge is -2.35. The van der Waals surface area contributed by atoms with E-state index in [2.05, 4.69) is 31.1 Å². The summed E-state index contributed by atoms with van der Waals surface area (Å²) in [6.07, 6.45) is 3.74. The van der Waals surface area contributed by atoms with E-state index in [1.165, 1.54) is 19.3 Å². The van der Waals surface area contributed by atoms with Gasteiger partial charge in [-0.25, -0.2) is 0 Å². The van der Waals surface area contributed by atoms with E-state index < -0.39 is 0 Å². The molecule has 1 saturated heterocycles. The summed E-state index contributed by atoms with van der Waals surface area (Å²) in [6.45, 7) is 8.64. The molecule has 1 aliphatic rings. The van der Waals surface area contributed by atoms with Gasteiger partial charge in [0.25, 0.3) is 0 Å². The van der Waals surface area contributed by atoms with Crippen molar-refractivity contribution in [3.8, 4) is 0 Å². The zero-order chi connectivity index (χ0) is 12.0. The summed E-state index contributed by atoms with van der Waals surface area (Å²) in [5, 5.41) is 3.32. The Hall–Kier alpha value is -0.120. The molecule has 1 rings (SSSR count). The highest BCUT2D eigenvalue weighted by Crippen LogP contribution is 2.29. The van der Waals surface area contributed by atoms with Gasteiger partial charge in [-0.3, -0.25) is 0 Å². The van der Waals surface area contributed by atoms with E-state index in [4.69, 9.17) is 4.74 Å². The van der Waals surface area contributed by atoms with Crippen molar-refractivity contribution in [3.05, 3.63) is 0 Å². The molecule has 1 aliphatic heterocycles. The number of hydrogen-bond acceptors (Lipinski definition) is 3. The number of nitrogens with zero attached hydrogens (tertiary/aromatic N) is 1. The third-order valence-electron chi connectivity index (χ3n) is 3.78. The van der Waals surface area contributed by atoms with Crippen LogP contribution in [0.25, 0.3) is 0 Å². The van der Waals surface area contributed by atoms with Crippen LogP contribution >= 0.6 is 0 Å².